The molecule has 1 aromatic carbocycles. The second-order valence-electron chi connectivity index (χ2n) is 4.95. The van der Waals surface area contributed by atoms with Crippen LogP contribution in [0.15, 0.2) is 30.5 Å². The van der Waals surface area contributed by atoms with E-state index in [-0.39, 0.29) is 5.69 Å². The molecule has 0 aliphatic carbocycles. The molecule has 0 atom stereocenters. The van der Waals surface area contributed by atoms with Gasteiger partial charge in [-0.15, -0.1) is 0 Å². The van der Waals surface area contributed by atoms with Crippen LogP contribution < -0.4 is 10.6 Å². The summed E-state index contributed by atoms with van der Waals surface area (Å²) in [6.07, 6.45) is 4.57. The maximum atomic E-state index is 13.5. The highest BCUT2D eigenvalue weighted by Crippen LogP contribution is 2.18. The van der Waals surface area contributed by atoms with Gasteiger partial charge in [0, 0.05) is 12.7 Å². The number of anilines is 2. The van der Waals surface area contributed by atoms with Gasteiger partial charge in [0.05, 0.1) is 0 Å². The predicted molar refractivity (Wildman–Crippen MR) is 84.4 cm³/mol. The number of amides is 1. The summed E-state index contributed by atoms with van der Waals surface area (Å²) in [4.78, 5) is 20.1. The number of para-hydroxylation sites is 1. The fraction of sp³-hybridized carbons (Fsp3) is 0.312. The summed E-state index contributed by atoms with van der Waals surface area (Å²) in [6.45, 7) is 2.80. The topological polar surface area (TPSA) is 66.9 Å². The Morgan fingerprint density at radius 2 is 1.91 bits per heavy atom. The van der Waals surface area contributed by atoms with Crippen LogP contribution in [0.4, 0.5) is 20.4 Å². The van der Waals surface area contributed by atoms with Gasteiger partial charge in [-0.3, -0.25) is 4.79 Å². The van der Waals surface area contributed by atoms with E-state index >= 15 is 0 Å². The first-order valence-electron chi connectivity index (χ1n) is 7.44. The molecule has 1 heterocycles. The second-order valence-corrected chi connectivity index (χ2v) is 4.95. The molecular weight excluding hydrogens is 302 g/mol. The Morgan fingerprint density at radius 3 is 2.61 bits per heavy atom. The fourth-order valence-corrected chi connectivity index (χ4v) is 1.94. The minimum absolute atomic E-state index is 0.0284. The molecule has 0 saturated heterocycles. The molecule has 0 spiro atoms. The average molecular weight is 320 g/mol. The molecule has 23 heavy (non-hydrogen) atoms. The van der Waals surface area contributed by atoms with Gasteiger partial charge in [-0.1, -0.05) is 25.8 Å². The lowest BCUT2D eigenvalue weighted by atomic mass is 10.2. The second kappa shape index (κ2) is 8.17. The number of nitrogens with one attached hydrogen (secondary N) is 2. The number of benzene rings is 1. The van der Waals surface area contributed by atoms with E-state index in [2.05, 4.69) is 27.5 Å². The molecule has 0 radical (unpaired) electrons. The van der Waals surface area contributed by atoms with Crippen LogP contribution in [0.3, 0.4) is 0 Å². The highest BCUT2D eigenvalue weighted by molar-refractivity contribution is 6.03. The first kappa shape index (κ1) is 16.8. The predicted octanol–water partition coefficient (Wildman–Crippen LogP) is 3.61. The summed E-state index contributed by atoms with van der Waals surface area (Å²) < 4.78 is 27.1. The molecule has 2 rings (SSSR count). The lowest BCUT2D eigenvalue weighted by molar-refractivity contribution is 0.102. The smallest absolute Gasteiger partial charge is 0.274 e. The maximum Gasteiger partial charge on any atom is 0.274 e. The molecule has 2 N–H and O–H groups in total. The van der Waals surface area contributed by atoms with E-state index in [0.29, 0.717) is 12.5 Å². The normalized spacial score (nSPS) is 10.4. The first-order chi connectivity index (χ1) is 11.1. The zero-order valence-corrected chi connectivity index (χ0v) is 12.8. The lowest BCUT2D eigenvalue weighted by Crippen LogP contribution is -2.17. The van der Waals surface area contributed by atoms with Gasteiger partial charge in [0.15, 0.2) is 0 Å². The van der Waals surface area contributed by atoms with Crippen LogP contribution in [0, 0.1) is 11.6 Å². The summed E-state index contributed by atoms with van der Waals surface area (Å²) >= 11 is 0. The standard InChI is InChI=1S/C16H18F2N4O/c1-2-3-4-9-19-16-20-10-8-13(21-16)15(23)22-14-11(17)6-5-7-12(14)18/h5-8,10H,2-4,9H2,1H3,(H,22,23)(H,19,20,21). The van der Waals surface area contributed by atoms with Crippen molar-refractivity contribution in [3.8, 4) is 0 Å². The van der Waals surface area contributed by atoms with Crippen molar-refractivity contribution in [1.82, 2.24) is 9.97 Å². The third-order valence-electron chi connectivity index (χ3n) is 3.15. The summed E-state index contributed by atoms with van der Waals surface area (Å²) in [5.41, 5.74) is -0.464. The number of carbonyl (C=O) groups excluding carboxylic acids is 1. The number of aromatic nitrogens is 2. The van der Waals surface area contributed by atoms with E-state index in [4.69, 9.17) is 0 Å². The molecule has 1 aromatic heterocycles. The molecule has 7 heteroatoms. The van der Waals surface area contributed by atoms with Gasteiger partial charge in [-0.05, 0) is 24.6 Å². The van der Waals surface area contributed by atoms with Crippen LogP contribution in [0.5, 0.6) is 0 Å². The third kappa shape index (κ3) is 4.70. The van der Waals surface area contributed by atoms with Crippen LogP contribution in [-0.4, -0.2) is 22.4 Å². The molecular formula is C16H18F2N4O. The average Bonchev–Trinajstić information content (AvgIpc) is 2.55. The van der Waals surface area contributed by atoms with Crippen LogP contribution >= 0.6 is 0 Å². The highest BCUT2D eigenvalue weighted by atomic mass is 19.1. The molecule has 0 aliphatic heterocycles. The van der Waals surface area contributed by atoms with E-state index in [0.717, 1.165) is 31.4 Å². The monoisotopic (exact) mass is 320 g/mol. The molecule has 5 nitrogen and oxygen atoms in total. The fourth-order valence-electron chi connectivity index (χ4n) is 1.94. The summed E-state index contributed by atoms with van der Waals surface area (Å²) in [6, 6.07) is 4.74. The third-order valence-corrected chi connectivity index (χ3v) is 3.15. The molecule has 1 amide bonds. The Bertz CT molecular complexity index is 659. The maximum absolute atomic E-state index is 13.5. The largest absolute Gasteiger partial charge is 0.354 e. The van der Waals surface area contributed by atoms with Crippen molar-refractivity contribution < 1.29 is 13.6 Å². The molecule has 122 valence electrons. The first-order valence-corrected chi connectivity index (χ1v) is 7.44. The molecule has 0 aliphatic rings. The summed E-state index contributed by atoms with van der Waals surface area (Å²) in [7, 11) is 0. The Labute approximate surface area is 133 Å². The Kier molecular flexibility index (Phi) is 5.96. The van der Waals surface area contributed by atoms with E-state index in [1.54, 1.807) is 0 Å². The lowest BCUT2D eigenvalue weighted by Gasteiger charge is -2.08. The quantitative estimate of drug-likeness (QED) is 0.765. The van der Waals surface area contributed by atoms with Gasteiger partial charge in [0.1, 0.15) is 23.0 Å². The van der Waals surface area contributed by atoms with E-state index < -0.39 is 23.2 Å². The van der Waals surface area contributed by atoms with Crippen LogP contribution in [0.1, 0.15) is 36.7 Å². The Hall–Kier alpha value is -2.57. The number of hydrogen-bond acceptors (Lipinski definition) is 4. The summed E-state index contributed by atoms with van der Waals surface area (Å²) in [5.74, 6) is -2.08. The van der Waals surface area contributed by atoms with Crippen molar-refractivity contribution in [1.29, 1.82) is 0 Å². The minimum atomic E-state index is -0.842. The zero-order valence-electron chi connectivity index (χ0n) is 12.8. The number of rotatable bonds is 7. The Balaban J connectivity index is 2.05. The van der Waals surface area contributed by atoms with Crippen LogP contribution in [0.25, 0.3) is 0 Å². The Morgan fingerprint density at radius 1 is 1.17 bits per heavy atom. The van der Waals surface area contributed by atoms with Gasteiger partial charge in [0.25, 0.3) is 5.91 Å². The van der Waals surface area contributed by atoms with Gasteiger partial charge >= 0.3 is 0 Å². The highest BCUT2D eigenvalue weighted by Gasteiger charge is 2.14. The van der Waals surface area contributed by atoms with E-state index in [9.17, 15) is 13.6 Å². The summed E-state index contributed by atoms with van der Waals surface area (Å²) in [5, 5.41) is 5.20. The van der Waals surface area contributed by atoms with E-state index in [1.165, 1.54) is 18.3 Å². The van der Waals surface area contributed by atoms with Crippen molar-refractivity contribution in [2.75, 3.05) is 17.2 Å². The zero-order chi connectivity index (χ0) is 16.7. The number of carbonyl (C=O) groups is 1. The number of nitrogens with zero attached hydrogens (tertiary/aromatic N) is 2. The molecule has 0 unspecified atom stereocenters. The molecule has 0 fully saturated rings. The van der Waals surface area contributed by atoms with Crippen LogP contribution in [0.2, 0.25) is 0 Å². The van der Waals surface area contributed by atoms with Gasteiger partial charge in [-0.2, -0.15) is 0 Å². The molecule has 2 aromatic rings. The van der Waals surface area contributed by atoms with Crippen molar-refractivity contribution >= 4 is 17.5 Å². The van der Waals surface area contributed by atoms with Gasteiger partial charge < -0.3 is 10.6 Å². The van der Waals surface area contributed by atoms with Crippen molar-refractivity contribution in [2.45, 2.75) is 26.2 Å². The van der Waals surface area contributed by atoms with Gasteiger partial charge in [0.2, 0.25) is 5.95 Å². The minimum Gasteiger partial charge on any atom is -0.354 e. The van der Waals surface area contributed by atoms with Crippen molar-refractivity contribution in [3.63, 3.8) is 0 Å². The molecule has 0 saturated carbocycles. The van der Waals surface area contributed by atoms with Crippen molar-refractivity contribution in [3.05, 3.63) is 47.8 Å². The number of hydrogen-bond donors (Lipinski definition) is 2. The molecule has 0 bridgehead atoms. The van der Waals surface area contributed by atoms with Crippen molar-refractivity contribution in [2.24, 2.45) is 0 Å². The number of unbranched alkanes of at least 4 members (excludes halogenated alkanes) is 2. The van der Waals surface area contributed by atoms with E-state index in [1.807, 2.05) is 0 Å². The van der Waals surface area contributed by atoms with Crippen LogP contribution in [-0.2, 0) is 0 Å². The SMILES string of the molecule is CCCCCNc1nccc(C(=O)Nc2c(F)cccc2F)n1. The van der Waals surface area contributed by atoms with Gasteiger partial charge in [-0.25, -0.2) is 18.7 Å². The number of halogens is 2.